The van der Waals surface area contributed by atoms with Crippen molar-refractivity contribution in [2.45, 2.75) is 33.1 Å². The first kappa shape index (κ1) is 9.65. The van der Waals surface area contributed by atoms with E-state index in [1.165, 1.54) is 0 Å². The third kappa shape index (κ3) is 2.27. The lowest BCUT2D eigenvalue weighted by Gasteiger charge is -2.08. The van der Waals surface area contributed by atoms with Crippen molar-refractivity contribution in [2.75, 3.05) is 0 Å². The van der Waals surface area contributed by atoms with E-state index in [0.29, 0.717) is 5.92 Å². The molecule has 2 nitrogen and oxygen atoms in total. The van der Waals surface area contributed by atoms with Gasteiger partial charge in [0, 0.05) is 5.69 Å². The number of halogens is 1. The molecule has 0 saturated carbocycles. The van der Waals surface area contributed by atoms with Crippen molar-refractivity contribution in [1.29, 1.82) is 0 Å². The second kappa shape index (κ2) is 3.99. The zero-order valence-electron chi connectivity index (χ0n) is 7.63. The number of hydrogen-bond donors (Lipinski definition) is 0. The molecule has 0 N–H and O–H groups in total. The van der Waals surface area contributed by atoms with E-state index >= 15 is 0 Å². The molecule has 1 heterocycles. The Morgan fingerprint density at radius 2 is 2.17 bits per heavy atom. The van der Waals surface area contributed by atoms with E-state index in [-0.39, 0.29) is 0 Å². The van der Waals surface area contributed by atoms with Crippen molar-refractivity contribution in [3.8, 4) is 0 Å². The highest BCUT2D eigenvalue weighted by Crippen LogP contribution is 2.18. The molecule has 0 spiro atoms. The standard InChI is InChI=1S/C9H13BrN2/c1-4-6(2)8-5-9(10)12-7(3)11-8/h5-6H,4H2,1-3H3. The molecular formula is C9H13BrN2. The van der Waals surface area contributed by atoms with Crippen LogP contribution in [-0.4, -0.2) is 9.97 Å². The molecular weight excluding hydrogens is 216 g/mol. The maximum absolute atomic E-state index is 4.36. The summed E-state index contributed by atoms with van der Waals surface area (Å²) in [6, 6.07) is 1.99. The SMILES string of the molecule is CCC(C)c1cc(Br)nc(C)n1. The molecule has 1 rings (SSSR count). The Hall–Kier alpha value is -0.440. The highest BCUT2D eigenvalue weighted by molar-refractivity contribution is 9.10. The molecule has 0 saturated heterocycles. The van der Waals surface area contributed by atoms with Gasteiger partial charge in [0.1, 0.15) is 10.4 Å². The fourth-order valence-electron chi connectivity index (χ4n) is 1.01. The lowest BCUT2D eigenvalue weighted by Crippen LogP contribution is -1.99. The van der Waals surface area contributed by atoms with E-state index < -0.39 is 0 Å². The first-order valence-corrected chi connectivity index (χ1v) is 4.94. The van der Waals surface area contributed by atoms with Crippen molar-refractivity contribution in [2.24, 2.45) is 0 Å². The third-order valence-corrected chi connectivity index (χ3v) is 2.35. The van der Waals surface area contributed by atoms with Crippen LogP contribution in [0, 0.1) is 6.92 Å². The average molecular weight is 229 g/mol. The summed E-state index contributed by atoms with van der Waals surface area (Å²) in [6.45, 7) is 6.25. The van der Waals surface area contributed by atoms with Crippen LogP contribution < -0.4 is 0 Å². The van der Waals surface area contributed by atoms with Crippen LogP contribution in [0.2, 0.25) is 0 Å². The van der Waals surface area contributed by atoms with Gasteiger partial charge in [0.05, 0.1) is 0 Å². The Kier molecular flexibility index (Phi) is 3.20. The number of aryl methyl sites for hydroxylation is 1. The van der Waals surface area contributed by atoms with Gasteiger partial charge in [0.15, 0.2) is 0 Å². The van der Waals surface area contributed by atoms with Gasteiger partial charge in [-0.15, -0.1) is 0 Å². The smallest absolute Gasteiger partial charge is 0.126 e. The maximum atomic E-state index is 4.36. The Balaban J connectivity index is 3.00. The molecule has 1 aromatic rings. The van der Waals surface area contributed by atoms with Gasteiger partial charge in [0.2, 0.25) is 0 Å². The molecule has 0 aliphatic heterocycles. The van der Waals surface area contributed by atoms with Crippen LogP contribution >= 0.6 is 15.9 Å². The molecule has 0 bridgehead atoms. The van der Waals surface area contributed by atoms with E-state index in [9.17, 15) is 0 Å². The van der Waals surface area contributed by atoms with Crippen LogP contribution in [-0.2, 0) is 0 Å². The molecule has 0 fully saturated rings. The van der Waals surface area contributed by atoms with E-state index in [2.05, 4.69) is 39.7 Å². The predicted molar refractivity (Wildman–Crippen MR) is 53.2 cm³/mol. The lowest BCUT2D eigenvalue weighted by atomic mass is 10.1. The quantitative estimate of drug-likeness (QED) is 0.728. The summed E-state index contributed by atoms with van der Waals surface area (Å²) < 4.78 is 0.880. The van der Waals surface area contributed by atoms with Gasteiger partial charge >= 0.3 is 0 Å². The van der Waals surface area contributed by atoms with Crippen molar-refractivity contribution >= 4 is 15.9 Å². The van der Waals surface area contributed by atoms with Gasteiger partial charge < -0.3 is 0 Å². The van der Waals surface area contributed by atoms with Crippen LogP contribution in [0.25, 0.3) is 0 Å². The number of aromatic nitrogens is 2. The van der Waals surface area contributed by atoms with Crippen molar-refractivity contribution in [3.05, 3.63) is 22.2 Å². The summed E-state index contributed by atoms with van der Waals surface area (Å²) in [5.41, 5.74) is 1.12. The highest BCUT2D eigenvalue weighted by Gasteiger charge is 2.06. The Labute approximate surface area is 81.6 Å². The van der Waals surface area contributed by atoms with E-state index in [1.54, 1.807) is 0 Å². The van der Waals surface area contributed by atoms with E-state index in [4.69, 9.17) is 0 Å². The minimum Gasteiger partial charge on any atom is -0.238 e. The van der Waals surface area contributed by atoms with Crippen molar-refractivity contribution < 1.29 is 0 Å². The maximum Gasteiger partial charge on any atom is 0.126 e. The minimum absolute atomic E-state index is 0.517. The van der Waals surface area contributed by atoms with Crippen molar-refractivity contribution in [3.63, 3.8) is 0 Å². The molecule has 0 radical (unpaired) electrons. The van der Waals surface area contributed by atoms with Gasteiger partial charge in [-0.3, -0.25) is 0 Å². The van der Waals surface area contributed by atoms with Gasteiger partial charge in [-0.1, -0.05) is 13.8 Å². The molecule has 1 atom stereocenters. The van der Waals surface area contributed by atoms with Gasteiger partial charge in [-0.25, -0.2) is 9.97 Å². The van der Waals surface area contributed by atoms with Crippen LogP contribution in [0.1, 0.15) is 37.7 Å². The fraction of sp³-hybridized carbons (Fsp3) is 0.556. The Morgan fingerprint density at radius 1 is 1.50 bits per heavy atom. The van der Waals surface area contributed by atoms with Gasteiger partial charge in [0.25, 0.3) is 0 Å². The Morgan fingerprint density at radius 3 is 2.67 bits per heavy atom. The first-order chi connectivity index (χ1) is 5.63. The van der Waals surface area contributed by atoms with Crippen LogP contribution in [0.15, 0.2) is 10.7 Å². The van der Waals surface area contributed by atoms with Crippen LogP contribution in [0.5, 0.6) is 0 Å². The number of rotatable bonds is 2. The second-order valence-corrected chi connectivity index (χ2v) is 3.78. The summed E-state index contributed by atoms with van der Waals surface area (Å²) in [5, 5.41) is 0. The summed E-state index contributed by atoms with van der Waals surface area (Å²) in [4.78, 5) is 8.52. The summed E-state index contributed by atoms with van der Waals surface area (Å²) in [5.74, 6) is 1.35. The summed E-state index contributed by atoms with van der Waals surface area (Å²) in [6.07, 6.45) is 1.11. The predicted octanol–water partition coefficient (Wildman–Crippen LogP) is 3.06. The zero-order valence-corrected chi connectivity index (χ0v) is 9.22. The molecule has 0 aliphatic carbocycles. The fourth-order valence-corrected chi connectivity index (χ4v) is 1.51. The summed E-state index contributed by atoms with van der Waals surface area (Å²) in [7, 11) is 0. The molecule has 0 amide bonds. The van der Waals surface area contributed by atoms with E-state index in [1.807, 2.05) is 13.0 Å². The molecule has 1 unspecified atom stereocenters. The van der Waals surface area contributed by atoms with Crippen molar-refractivity contribution in [1.82, 2.24) is 9.97 Å². The van der Waals surface area contributed by atoms with Crippen LogP contribution in [0.3, 0.4) is 0 Å². The van der Waals surface area contributed by atoms with E-state index in [0.717, 1.165) is 22.5 Å². The second-order valence-electron chi connectivity index (χ2n) is 2.97. The third-order valence-electron chi connectivity index (χ3n) is 1.94. The van der Waals surface area contributed by atoms with Crippen LogP contribution in [0.4, 0.5) is 0 Å². The molecule has 0 aliphatic rings. The van der Waals surface area contributed by atoms with Gasteiger partial charge in [-0.05, 0) is 41.3 Å². The summed E-state index contributed by atoms with van der Waals surface area (Å²) >= 11 is 3.36. The molecule has 12 heavy (non-hydrogen) atoms. The molecule has 3 heteroatoms. The zero-order chi connectivity index (χ0) is 9.14. The van der Waals surface area contributed by atoms with Gasteiger partial charge in [-0.2, -0.15) is 0 Å². The molecule has 66 valence electrons. The minimum atomic E-state index is 0.517. The lowest BCUT2D eigenvalue weighted by molar-refractivity contribution is 0.697. The average Bonchev–Trinajstić information content (AvgIpc) is 2.01. The topological polar surface area (TPSA) is 25.8 Å². The monoisotopic (exact) mass is 228 g/mol. The largest absolute Gasteiger partial charge is 0.238 e. The number of nitrogens with zero attached hydrogens (tertiary/aromatic N) is 2. The normalized spacial score (nSPS) is 13.0. The first-order valence-electron chi connectivity index (χ1n) is 4.14. The highest BCUT2D eigenvalue weighted by atomic mass is 79.9. The molecule has 0 aromatic carbocycles. The number of hydrogen-bond acceptors (Lipinski definition) is 2. The molecule has 1 aromatic heterocycles. The Bertz CT molecular complexity index is 253.